The maximum atomic E-state index is 5.39. The minimum Gasteiger partial charge on any atom is -0.379 e. The van der Waals surface area contributed by atoms with Gasteiger partial charge in [-0.1, -0.05) is 11.8 Å². The Hall–Kier alpha value is -1.68. The topological polar surface area (TPSA) is 67.0 Å². The van der Waals surface area contributed by atoms with Crippen LogP contribution in [0.3, 0.4) is 0 Å². The molecule has 9 heteroatoms. The normalized spacial score (nSPS) is 19.4. The number of ether oxygens (including phenoxy) is 1. The van der Waals surface area contributed by atoms with Gasteiger partial charge in [0.05, 0.1) is 24.6 Å². The van der Waals surface area contributed by atoms with E-state index in [9.17, 15) is 0 Å². The maximum Gasteiger partial charge on any atom is 0.194 e. The largest absolute Gasteiger partial charge is 0.379 e. The number of hydrogen-bond acceptors (Lipinski definition) is 7. The van der Waals surface area contributed by atoms with Gasteiger partial charge in [-0.2, -0.15) is 5.10 Å². The van der Waals surface area contributed by atoms with E-state index in [2.05, 4.69) is 55.3 Å². The molecule has 1 N–H and O–H groups in total. The summed E-state index contributed by atoms with van der Waals surface area (Å²) in [5, 5.41) is 8.64. The van der Waals surface area contributed by atoms with Gasteiger partial charge >= 0.3 is 0 Å². The molecule has 1 saturated heterocycles. The number of thioether (sulfide) groups is 1. The summed E-state index contributed by atoms with van der Waals surface area (Å²) in [6.45, 7) is 12.0. The van der Waals surface area contributed by atoms with Crippen LogP contribution < -0.4 is 5.43 Å². The Morgan fingerprint density at radius 2 is 2.07 bits per heavy atom. The molecular formula is C20H28N6OS2. The molecule has 29 heavy (non-hydrogen) atoms. The molecule has 0 aromatic carbocycles. The van der Waals surface area contributed by atoms with Gasteiger partial charge in [0, 0.05) is 54.3 Å². The summed E-state index contributed by atoms with van der Waals surface area (Å²) in [5.74, 6) is 0.830. The van der Waals surface area contributed by atoms with Crippen molar-refractivity contribution in [3.8, 4) is 5.13 Å². The van der Waals surface area contributed by atoms with Crippen LogP contribution in [0.1, 0.15) is 29.1 Å². The lowest BCUT2D eigenvalue weighted by Gasteiger charge is -2.26. The lowest BCUT2D eigenvalue weighted by atomic mass is 10.1. The first-order chi connectivity index (χ1) is 14.1. The number of aliphatic imine (C=N–C) groups is 1. The van der Waals surface area contributed by atoms with Crippen molar-refractivity contribution in [3.63, 3.8) is 0 Å². The quantitative estimate of drug-likeness (QED) is 0.711. The van der Waals surface area contributed by atoms with E-state index in [4.69, 9.17) is 4.74 Å². The van der Waals surface area contributed by atoms with Crippen molar-refractivity contribution in [1.29, 1.82) is 0 Å². The van der Waals surface area contributed by atoms with Crippen LogP contribution in [0.25, 0.3) is 5.13 Å². The van der Waals surface area contributed by atoms with Gasteiger partial charge in [-0.3, -0.25) is 19.9 Å². The van der Waals surface area contributed by atoms with Gasteiger partial charge < -0.3 is 4.74 Å². The van der Waals surface area contributed by atoms with E-state index in [0.29, 0.717) is 0 Å². The number of hydrogen-bond donors (Lipinski definition) is 1. The lowest BCUT2D eigenvalue weighted by Crippen LogP contribution is -2.37. The van der Waals surface area contributed by atoms with Gasteiger partial charge in [-0.15, -0.1) is 11.3 Å². The first kappa shape index (κ1) is 20.6. The molecule has 1 fully saturated rings. The molecule has 4 heterocycles. The molecule has 4 rings (SSSR count). The Kier molecular flexibility index (Phi) is 6.69. The second kappa shape index (κ2) is 9.42. The van der Waals surface area contributed by atoms with Crippen LogP contribution in [0.5, 0.6) is 0 Å². The minimum absolute atomic E-state index is 0.829. The summed E-state index contributed by atoms with van der Waals surface area (Å²) in [7, 11) is 0. The van der Waals surface area contributed by atoms with Crippen LogP contribution >= 0.6 is 23.1 Å². The monoisotopic (exact) mass is 432 g/mol. The summed E-state index contributed by atoms with van der Waals surface area (Å²) in [6, 6.07) is 2.21. The van der Waals surface area contributed by atoms with Gasteiger partial charge in [-0.25, -0.2) is 4.98 Å². The first-order valence-electron chi connectivity index (χ1n) is 10.0. The molecule has 0 atom stereocenters. The number of thiazole rings is 1. The van der Waals surface area contributed by atoms with E-state index in [1.54, 1.807) is 23.1 Å². The average Bonchev–Trinajstić information content (AvgIpc) is 3.28. The Morgan fingerprint density at radius 1 is 1.24 bits per heavy atom. The van der Waals surface area contributed by atoms with Crippen LogP contribution in [-0.2, 0) is 4.74 Å². The fourth-order valence-electron chi connectivity index (χ4n) is 3.63. The van der Waals surface area contributed by atoms with Crippen LogP contribution in [0.4, 0.5) is 0 Å². The van der Waals surface area contributed by atoms with Gasteiger partial charge in [-0.05, 0) is 33.3 Å². The number of rotatable bonds is 6. The number of amidine groups is 1. The molecule has 0 spiro atoms. The summed E-state index contributed by atoms with van der Waals surface area (Å²) in [4.78, 5) is 11.8. The Labute approximate surface area is 180 Å². The Bertz CT molecular complexity index is 910. The standard InChI is InChI=1S/C20H28N6OS2/c1-14-12-29-20(22-14)26-15(2)11-17(16(26)3)18-13-28-19(24-23-18)21-5-4-6-25-7-9-27-10-8-25/h11-12H,4-10,13H2,1-3H3,(H,21,24). The van der Waals surface area contributed by atoms with Crippen molar-refractivity contribution in [1.82, 2.24) is 19.9 Å². The van der Waals surface area contributed by atoms with Crippen LogP contribution in [-0.4, -0.2) is 70.5 Å². The minimum atomic E-state index is 0.829. The van der Waals surface area contributed by atoms with Crippen molar-refractivity contribution in [2.75, 3.05) is 45.1 Å². The van der Waals surface area contributed by atoms with Crippen molar-refractivity contribution < 1.29 is 4.74 Å². The van der Waals surface area contributed by atoms with E-state index in [1.807, 2.05) is 6.92 Å². The number of hydrazone groups is 1. The van der Waals surface area contributed by atoms with Crippen LogP contribution in [0, 0.1) is 20.8 Å². The van der Waals surface area contributed by atoms with Gasteiger partial charge in [0.2, 0.25) is 0 Å². The van der Waals surface area contributed by atoms with Gasteiger partial charge in [0.1, 0.15) is 0 Å². The molecule has 0 aliphatic carbocycles. The zero-order valence-corrected chi connectivity index (χ0v) is 18.9. The molecule has 156 valence electrons. The van der Waals surface area contributed by atoms with Gasteiger partial charge in [0.15, 0.2) is 10.3 Å². The number of nitrogens with one attached hydrogen (secondary N) is 1. The molecule has 0 bridgehead atoms. The van der Waals surface area contributed by atoms with E-state index < -0.39 is 0 Å². The number of aromatic nitrogens is 2. The molecule has 2 aromatic rings. The van der Waals surface area contributed by atoms with E-state index in [0.717, 1.165) is 73.3 Å². The molecule has 2 aliphatic rings. The SMILES string of the molecule is Cc1csc(-n2c(C)cc(C3=NNC(=NCCCN4CCOCC4)SC3)c2C)n1. The van der Waals surface area contributed by atoms with Gasteiger partial charge in [0.25, 0.3) is 0 Å². The van der Waals surface area contributed by atoms with Crippen molar-refractivity contribution in [2.24, 2.45) is 10.1 Å². The number of morpholine rings is 1. The lowest BCUT2D eigenvalue weighted by molar-refractivity contribution is 0.0377. The summed E-state index contributed by atoms with van der Waals surface area (Å²) in [6.07, 6.45) is 1.07. The Morgan fingerprint density at radius 3 is 2.76 bits per heavy atom. The smallest absolute Gasteiger partial charge is 0.194 e. The highest BCUT2D eigenvalue weighted by atomic mass is 32.2. The third-order valence-corrected chi connectivity index (χ3v) is 7.02. The predicted octanol–water partition coefficient (Wildman–Crippen LogP) is 2.98. The molecule has 0 radical (unpaired) electrons. The molecule has 7 nitrogen and oxygen atoms in total. The van der Waals surface area contributed by atoms with E-state index in [1.165, 1.54) is 17.0 Å². The average molecular weight is 433 g/mol. The van der Waals surface area contributed by atoms with Crippen LogP contribution in [0.2, 0.25) is 0 Å². The third-order valence-electron chi connectivity index (χ3n) is 5.16. The summed E-state index contributed by atoms with van der Waals surface area (Å²) < 4.78 is 7.61. The fourth-order valence-corrected chi connectivity index (χ4v) is 5.33. The predicted molar refractivity (Wildman–Crippen MR) is 122 cm³/mol. The zero-order valence-electron chi connectivity index (χ0n) is 17.3. The molecular weight excluding hydrogens is 404 g/mol. The van der Waals surface area contributed by atoms with E-state index >= 15 is 0 Å². The summed E-state index contributed by atoms with van der Waals surface area (Å²) in [5.41, 5.74) is 8.82. The molecule has 0 amide bonds. The highest BCUT2D eigenvalue weighted by Crippen LogP contribution is 2.25. The van der Waals surface area contributed by atoms with Crippen molar-refractivity contribution >= 4 is 34.0 Å². The zero-order chi connectivity index (χ0) is 20.2. The molecule has 2 aromatic heterocycles. The number of aryl methyl sites for hydroxylation is 2. The maximum absolute atomic E-state index is 5.39. The summed E-state index contributed by atoms with van der Waals surface area (Å²) >= 11 is 3.40. The highest BCUT2D eigenvalue weighted by Gasteiger charge is 2.20. The van der Waals surface area contributed by atoms with Crippen molar-refractivity contribution in [3.05, 3.63) is 34.1 Å². The first-order valence-corrected chi connectivity index (χ1v) is 11.9. The molecule has 2 aliphatic heterocycles. The molecule has 0 unspecified atom stereocenters. The van der Waals surface area contributed by atoms with Crippen LogP contribution in [0.15, 0.2) is 21.5 Å². The van der Waals surface area contributed by atoms with Crippen molar-refractivity contribution in [2.45, 2.75) is 27.2 Å². The highest BCUT2D eigenvalue weighted by molar-refractivity contribution is 8.14. The molecule has 0 saturated carbocycles. The number of nitrogens with zero attached hydrogens (tertiary/aromatic N) is 5. The fraction of sp³-hybridized carbons (Fsp3) is 0.550. The van der Waals surface area contributed by atoms with E-state index in [-0.39, 0.29) is 0 Å². The second-order valence-electron chi connectivity index (χ2n) is 7.35. The Balaban J connectivity index is 1.36. The third kappa shape index (κ3) is 4.91. The second-order valence-corrected chi connectivity index (χ2v) is 9.15.